The number of rotatable bonds is 4. The zero-order valence-corrected chi connectivity index (χ0v) is 13.7. The molecule has 0 amide bonds. The lowest BCUT2D eigenvalue weighted by Gasteiger charge is -2.12. The number of hydrogen-bond donors (Lipinski definition) is 1. The molecule has 2 aromatic carbocycles. The molecule has 25 heavy (non-hydrogen) atoms. The molecule has 0 radical (unpaired) electrons. The van der Waals surface area contributed by atoms with E-state index in [0.717, 1.165) is 0 Å². The van der Waals surface area contributed by atoms with Crippen molar-refractivity contribution in [2.24, 2.45) is 0 Å². The van der Waals surface area contributed by atoms with Gasteiger partial charge in [-0.25, -0.2) is 9.59 Å². The highest BCUT2D eigenvalue weighted by molar-refractivity contribution is 5.95. The smallest absolute Gasteiger partial charge is 0.382 e. The minimum atomic E-state index is -0.995. The molecule has 0 aliphatic carbocycles. The van der Waals surface area contributed by atoms with Crippen LogP contribution in [0, 0.1) is 0 Å². The minimum Gasteiger partial charge on any atom is -0.499 e. The predicted octanol–water partition coefficient (Wildman–Crippen LogP) is 3.51. The van der Waals surface area contributed by atoms with Crippen LogP contribution in [-0.2, 0) is 0 Å². The van der Waals surface area contributed by atoms with Gasteiger partial charge in [-0.3, -0.25) is 0 Å². The lowest BCUT2D eigenvalue weighted by molar-refractivity contribution is 0.0731. The van der Waals surface area contributed by atoms with Crippen molar-refractivity contribution < 1.29 is 23.8 Å². The van der Waals surface area contributed by atoms with Crippen LogP contribution in [-0.4, -0.2) is 17.2 Å². The van der Waals surface area contributed by atoms with Crippen molar-refractivity contribution in [2.75, 3.05) is 0 Å². The topological polar surface area (TPSA) is 86.0 Å². The van der Waals surface area contributed by atoms with Crippen LogP contribution in [0.25, 0.3) is 11.0 Å². The molecule has 0 bridgehead atoms. The van der Waals surface area contributed by atoms with Crippen LogP contribution in [0.2, 0.25) is 0 Å². The van der Waals surface area contributed by atoms with E-state index in [9.17, 15) is 14.7 Å². The molecule has 0 fully saturated rings. The van der Waals surface area contributed by atoms with Gasteiger partial charge in [0.05, 0.1) is 17.1 Å². The first-order valence-corrected chi connectivity index (χ1v) is 7.69. The normalized spacial score (nSPS) is 10.8. The van der Waals surface area contributed by atoms with E-state index in [1.807, 2.05) is 13.8 Å². The van der Waals surface area contributed by atoms with Gasteiger partial charge in [0.15, 0.2) is 5.75 Å². The van der Waals surface area contributed by atoms with Gasteiger partial charge in [0.25, 0.3) is 0 Å². The lowest BCUT2D eigenvalue weighted by atomic mass is 10.2. The van der Waals surface area contributed by atoms with Crippen molar-refractivity contribution in [1.82, 2.24) is 0 Å². The van der Waals surface area contributed by atoms with Crippen LogP contribution in [0.3, 0.4) is 0 Å². The molecule has 3 rings (SSSR count). The zero-order valence-electron chi connectivity index (χ0n) is 13.7. The monoisotopic (exact) mass is 340 g/mol. The summed E-state index contributed by atoms with van der Waals surface area (Å²) in [5.41, 5.74) is -0.551. The Hall–Kier alpha value is -3.28. The molecule has 0 aliphatic heterocycles. The number of hydrogen-bond acceptors (Lipinski definition) is 6. The van der Waals surface area contributed by atoms with Crippen molar-refractivity contribution in [1.29, 1.82) is 0 Å². The highest BCUT2D eigenvalue weighted by atomic mass is 16.5. The number of aromatic hydroxyl groups is 1. The van der Waals surface area contributed by atoms with Crippen LogP contribution in [0.4, 0.5) is 0 Å². The van der Waals surface area contributed by atoms with Gasteiger partial charge in [-0.1, -0.05) is 18.2 Å². The molecule has 1 N–H and O–H groups in total. The Morgan fingerprint density at radius 3 is 2.52 bits per heavy atom. The minimum absolute atomic E-state index is 0.0586. The number of ether oxygens (including phenoxy) is 2. The molecule has 0 unspecified atom stereocenters. The average molecular weight is 340 g/mol. The Kier molecular flexibility index (Phi) is 4.43. The summed E-state index contributed by atoms with van der Waals surface area (Å²) in [6.07, 6.45) is -0.0586. The van der Waals surface area contributed by atoms with Crippen molar-refractivity contribution in [3.8, 4) is 17.2 Å². The van der Waals surface area contributed by atoms with Gasteiger partial charge in [-0.15, -0.1) is 0 Å². The van der Waals surface area contributed by atoms with E-state index in [-0.39, 0.29) is 22.8 Å². The Balaban J connectivity index is 2.06. The molecule has 0 saturated carbocycles. The summed E-state index contributed by atoms with van der Waals surface area (Å²) in [6.45, 7) is 3.73. The molecule has 6 nitrogen and oxygen atoms in total. The molecule has 1 heterocycles. The number of fused-ring (bicyclic) bond motifs is 1. The van der Waals surface area contributed by atoms with Crippen LogP contribution < -0.4 is 15.1 Å². The summed E-state index contributed by atoms with van der Waals surface area (Å²) in [7, 11) is 0. The van der Waals surface area contributed by atoms with Gasteiger partial charge in [-0.2, -0.15) is 0 Å². The van der Waals surface area contributed by atoms with Crippen LogP contribution in [0.15, 0.2) is 57.7 Å². The average Bonchev–Trinajstić information content (AvgIpc) is 2.59. The second-order valence-electron chi connectivity index (χ2n) is 5.65. The Morgan fingerprint density at radius 1 is 1.12 bits per heavy atom. The SMILES string of the molecule is CC(C)Oc1ccc2c(OC(=O)c3ccccc3)c(O)c(=O)oc2c1. The van der Waals surface area contributed by atoms with Crippen LogP contribution >= 0.6 is 0 Å². The van der Waals surface area contributed by atoms with Gasteiger partial charge in [0, 0.05) is 6.07 Å². The number of benzene rings is 2. The first kappa shape index (κ1) is 16.6. The highest BCUT2D eigenvalue weighted by Crippen LogP contribution is 2.34. The molecule has 0 saturated heterocycles. The summed E-state index contributed by atoms with van der Waals surface area (Å²) in [5.74, 6) is -1.19. The maximum atomic E-state index is 12.2. The zero-order chi connectivity index (χ0) is 18.0. The van der Waals surface area contributed by atoms with E-state index < -0.39 is 17.3 Å². The van der Waals surface area contributed by atoms with Gasteiger partial charge < -0.3 is 19.0 Å². The Bertz CT molecular complexity index is 972. The summed E-state index contributed by atoms with van der Waals surface area (Å²) in [4.78, 5) is 24.1. The van der Waals surface area contributed by atoms with Gasteiger partial charge in [-0.05, 0) is 38.1 Å². The quantitative estimate of drug-likeness (QED) is 0.578. The fraction of sp³-hybridized carbons (Fsp3) is 0.158. The maximum absolute atomic E-state index is 12.2. The molecule has 1 aromatic heterocycles. The molecular weight excluding hydrogens is 324 g/mol. The van der Waals surface area contributed by atoms with Crippen molar-refractivity contribution >= 4 is 16.9 Å². The first-order valence-electron chi connectivity index (χ1n) is 7.69. The second kappa shape index (κ2) is 6.68. The molecule has 6 heteroatoms. The van der Waals surface area contributed by atoms with Crippen molar-refractivity contribution in [3.63, 3.8) is 0 Å². The van der Waals surface area contributed by atoms with E-state index in [1.54, 1.807) is 42.5 Å². The molecule has 3 aromatic rings. The molecule has 128 valence electrons. The predicted molar refractivity (Wildman–Crippen MR) is 91.3 cm³/mol. The lowest BCUT2D eigenvalue weighted by Crippen LogP contribution is -2.11. The third-order valence-corrected chi connectivity index (χ3v) is 3.38. The van der Waals surface area contributed by atoms with Crippen LogP contribution in [0.1, 0.15) is 24.2 Å². The Morgan fingerprint density at radius 2 is 1.84 bits per heavy atom. The van der Waals surface area contributed by atoms with Gasteiger partial charge in [0.2, 0.25) is 5.75 Å². The highest BCUT2D eigenvalue weighted by Gasteiger charge is 2.20. The van der Waals surface area contributed by atoms with E-state index >= 15 is 0 Å². The Labute approximate surface area is 143 Å². The summed E-state index contributed by atoms with van der Waals surface area (Å²) >= 11 is 0. The van der Waals surface area contributed by atoms with Gasteiger partial charge in [0.1, 0.15) is 11.3 Å². The summed E-state index contributed by atoms with van der Waals surface area (Å²) in [6, 6.07) is 13.0. The number of carbonyl (C=O) groups is 1. The van der Waals surface area contributed by atoms with E-state index in [2.05, 4.69) is 0 Å². The summed E-state index contributed by atoms with van der Waals surface area (Å²) in [5, 5.41) is 10.3. The van der Waals surface area contributed by atoms with E-state index in [0.29, 0.717) is 11.3 Å². The molecular formula is C19H16O6. The first-order chi connectivity index (χ1) is 12.0. The largest absolute Gasteiger partial charge is 0.499 e. The van der Waals surface area contributed by atoms with E-state index in [1.165, 1.54) is 6.07 Å². The fourth-order valence-electron chi connectivity index (χ4n) is 2.32. The number of esters is 1. The van der Waals surface area contributed by atoms with Crippen molar-refractivity contribution in [2.45, 2.75) is 20.0 Å². The van der Waals surface area contributed by atoms with E-state index in [4.69, 9.17) is 13.9 Å². The maximum Gasteiger partial charge on any atom is 0.382 e. The summed E-state index contributed by atoms with van der Waals surface area (Å²) < 4.78 is 15.9. The molecule has 0 spiro atoms. The second-order valence-corrected chi connectivity index (χ2v) is 5.65. The molecule has 0 atom stereocenters. The fourth-order valence-corrected chi connectivity index (χ4v) is 2.32. The van der Waals surface area contributed by atoms with Gasteiger partial charge >= 0.3 is 11.6 Å². The third kappa shape index (κ3) is 3.47. The van der Waals surface area contributed by atoms with Crippen molar-refractivity contribution in [3.05, 3.63) is 64.5 Å². The van der Waals surface area contributed by atoms with Crippen LogP contribution in [0.5, 0.6) is 17.2 Å². The molecule has 0 aliphatic rings. The standard InChI is InChI=1S/C19H16O6/c1-11(2)23-13-8-9-14-15(10-13)24-19(22)16(20)17(14)25-18(21)12-6-4-3-5-7-12/h3-11,20H,1-2H3. The third-order valence-electron chi connectivity index (χ3n) is 3.38. The number of carbonyl (C=O) groups excluding carboxylic acids is 1.